The second kappa shape index (κ2) is 7.32. The molecule has 1 atom stereocenters. The normalized spacial score (nSPS) is 26.4. The Bertz CT molecular complexity index is 614. The molecular formula is C20H28F2N2. The number of nitrogens with zero attached hydrogens (tertiary/aromatic N) is 2. The summed E-state index contributed by atoms with van der Waals surface area (Å²) in [5, 5.41) is 0. The summed E-state index contributed by atoms with van der Waals surface area (Å²) in [4.78, 5) is 4.98. The average molecular weight is 334 g/mol. The number of hydrogen-bond acceptors (Lipinski definition) is 2. The highest BCUT2D eigenvalue weighted by Crippen LogP contribution is 2.39. The second-order valence-corrected chi connectivity index (χ2v) is 7.66. The van der Waals surface area contributed by atoms with Crippen molar-refractivity contribution < 1.29 is 8.78 Å². The summed E-state index contributed by atoms with van der Waals surface area (Å²) in [6.45, 7) is 10.5. The lowest BCUT2D eigenvalue weighted by atomic mass is 9.79. The van der Waals surface area contributed by atoms with Crippen molar-refractivity contribution in [3.8, 4) is 0 Å². The Morgan fingerprint density at radius 3 is 2.67 bits per heavy atom. The lowest BCUT2D eigenvalue weighted by Crippen LogP contribution is -2.44. The standard InChI is InChI=1S/C20H28F2N2/c1-3-16(2)12-24-10-8-20(15-24)7-4-9-23(14-20)13-17-5-6-18(21)19(22)11-17/h3,5-6,11H,4,7-10,12-15H2,1-2H3/b16-3+/t20-/m1/s1. The zero-order chi connectivity index (χ0) is 17.2. The monoisotopic (exact) mass is 334 g/mol. The summed E-state index contributed by atoms with van der Waals surface area (Å²) in [6, 6.07) is 4.28. The number of hydrogen-bond donors (Lipinski definition) is 0. The van der Waals surface area contributed by atoms with E-state index in [2.05, 4.69) is 29.7 Å². The van der Waals surface area contributed by atoms with Gasteiger partial charge in [0.1, 0.15) is 0 Å². The first-order chi connectivity index (χ1) is 11.5. The van der Waals surface area contributed by atoms with Gasteiger partial charge in [0.05, 0.1) is 0 Å². The van der Waals surface area contributed by atoms with Gasteiger partial charge in [-0.15, -0.1) is 0 Å². The maximum atomic E-state index is 13.4. The molecule has 2 saturated heterocycles. The van der Waals surface area contributed by atoms with E-state index in [0.29, 0.717) is 12.0 Å². The molecule has 1 spiro atoms. The third-order valence-electron chi connectivity index (χ3n) is 5.61. The van der Waals surface area contributed by atoms with Crippen LogP contribution in [0.1, 0.15) is 38.7 Å². The van der Waals surface area contributed by atoms with E-state index in [1.54, 1.807) is 6.07 Å². The fourth-order valence-electron chi connectivity index (χ4n) is 4.28. The number of piperidine rings is 1. The molecule has 132 valence electrons. The highest BCUT2D eigenvalue weighted by Gasteiger charge is 2.41. The Hall–Kier alpha value is -1.26. The van der Waals surface area contributed by atoms with Crippen molar-refractivity contribution >= 4 is 0 Å². The molecule has 2 fully saturated rings. The summed E-state index contributed by atoms with van der Waals surface area (Å²) in [7, 11) is 0. The fourth-order valence-corrected chi connectivity index (χ4v) is 4.28. The molecule has 0 aromatic heterocycles. The molecule has 1 aromatic rings. The van der Waals surface area contributed by atoms with Crippen LogP contribution in [0.5, 0.6) is 0 Å². The molecular weight excluding hydrogens is 306 g/mol. The largest absolute Gasteiger partial charge is 0.299 e. The molecule has 24 heavy (non-hydrogen) atoms. The van der Waals surface area contributed by atoms with E-state index in [-0.39, 0.29) is 0 Å². The van der Waals surface area contributed by atoms with Crippen molar-refractivity contribution in [2.24, 2.45) is 5.41 Å². The van der Waals surface area contributed by atoms with Crippen LogP contribution in [0, 0.1) is 17.0 Å². The molecule has 0 aliphatic carbocycles. The summed E-state index contributed by atoms with van der Waals surface area (Å²) >= 11 is 0. The maximum Gasteiger partial charge on any atom is 0.159 e. The van der Waals surface area contributed by atoms with Gasteiger partial charge in [-0.1, -0.05) is 17.7 Å². The predicted molar refractivity (Wildman–Crippen MR) is 93.8 cm³/mol. The molecule has 0 N–H and O–H groups in total. The minimum absolute atomic E-state index is 0.380. The summed E-state index contributed by atoms with van der Waals surface area (Å²) in [5.41, 5.74) is 2.68. The topological polar surface area (TPSA) is 6.48 Å². The third kappa shape index (κ3) is 4.04. The fraction of sp³-hybridized carbons (Fsp3) is 0.600. The Morgan fingerprint density at radius 1 is 1.12 bits per heavy atom. The minimum atomic E-state index is -0.764. The van der Waals surface area contributed by atoms with Gasteiger partial charge in [0.25, 0.3) is 0 Å². The van der Waals surface area contributed by atoms with Crippen molar-refractivity contribution in [1.82, 2.24) is 9.80 Å². The van der Waals surface area contributed by atoms with Gasteiger partial charge < -0.3 is 0 Å². The van der Waals surface area contributed by atoms with E-state index in [1.807, 2.05) is 0 Å². The third-order valence-corrected chi connectivity index (χ3v) is 5.61. The van der Waals surface area contributed by atoms with Gasteiger partial charge in [-0.25, -0.2) is 8.78 Å². The first-order valence-corrected chi connectivity index (χ1v) is 9.00. The average Bonchev–Trinajstić information content (AvgIpc) is 2.93. The molecule has 2 nitrogen and oxygen atoms in total. The van der Waals surface area contributed by atoms with Gasteiger partial charge in [0, 0.05) is 26.2 Å². The Kier molecular flexibility index (Phi) is 5.36. The van der Waals surface area contributed by atoms with Crippen molar-refractivity contribution in [3.63, 3.8) is 0 Å². The summed E-state index contributed by atoms with van der Waals surface area (Å²) in [5.74, 6) is -1.51. The number of allylic oxidation sites excluding steroid dienone is 1. The van der Waals surface area contributed by atoms with Crippen molar-refractivity contribution in [2.45, 2.75) is 39.7 Å². The van der Waals surface area contributed by atoms with Crippen molar-refractivity contribution in [1.29, 1.82) is 0 Å². The van der Waals surface area contributed by atoms with Crippen LogP contribution in [-0.4, -0.2) is 42.5 Å². The second-order valence-electron chi connectivity index (χ2n) is 7.66. The lowest BCUT2D eigenvalue weighted by molar-refractivity contribution is 0.0883. The van der Waals surface area contributed by atoms with Gasteiger partial charge in [-0.2, -0.15) is 0 Å². The number of benzene rings is 1. The molecule has 0 saturated carbocycles. The van der Waals surface area contributed by atoms with Gasteiger partial charge in [0.2, 0.25) is 0 Å². The highest BCUT2D eigenvalue weighted by atomic mass is 19.2. The van der Waals surface area contributed by atoms with Crippen molar-refractivity contribution in [3.05, 3.63) is 47.0 Å². The van der Waals surface area contributed by atoms with Crippen LogP contribution in [-0.2, 0) is 6.54 Å². The van der Waals surface area contributed by atoms with Crippen LogP contribution in [0.15, 0.2) is 29.8 Å². The van der Waals surface area contributed by atoms with E-state index in [1.165, 1.54) is 43.5 Å². The van der Waals surface area contributed by atoms with Crippen molar-refractivity contribution in [2.75, 3.05) is 32.7 Å². The molecule has 0 unspecified atom stereocenters. The van der Waals surface area contributed by atoms with Crippen LogP contribution in [0.25, 0.3) is 0 Å². The van der Waals surface area contributed by atoms with Crippen LogP contribution < -0.4 is 0 Å². The van der Waals surface area contributed by atoms with E-state index >= 15 is 0 Å². The summed E-state index contributed by atoms with van der Waals surface area (Å²) in [6.07, 6.45) is 5.92. The summed E-state index contributed by atoms with van der Waals surface area (Å²) < 4.78 is 26.5. The molecule has 0 radical (unpaired) electrons. The predicted octanol–water partition coefficient (Wildman–Crippen LogP) is 4.22. The molecule has 2 aliphatic rings. The van der Waals surface area contributed by atoms with Crippen LogP contribution in [0.2, 0.25) is 0 Å². The number of rotatable bonds is 4. The van der Waals surface area contributed by atoms with Gasteiger partial charge in [-0.05, 0) is 69.3 Å². The number of halogens is 2. The van der Waals surface area contributed by atoms with E-state index < -0.39 is 11.6 Å². The first-order valence-electron chi connectivity index (χ1n) is 9.00. The van der Waals surface area contributed by atoms with Crippen LogP contribution in [0.3, 0.4) is 0 Å². The zero-order valence-electron chi connectivity index (χ0n) is 14.8. The van der Waals surface area contributed by atoms with Crippen LogP contribution in [0.4, 0.5) is 8.78 Å². The molecule has 3 rings (SSSR count). The molecule has 2 aliphatic heterocycles. The van der Waals surface area contributed by atoms with Crippen LogP contribution >= 0.6 is 0 Å². The smallest absolute Gasteiger partial charge is 0.159 e. The Labute approximate surface area is 144 Å². The molecule has 0 amide bonds. The minimum Gasteiger partial charge on any atom is -0.299 e. The highest BCUT2D eigenvalue weighted by molar-refractivity contribution is 5.18. The Morgan fingerprint density at radius 2 is 1.92 bits per heavy atom. The van der Waals surface area contributed by atoms with E-state index in [4.69, 9.17) is 0 Å². The van der Waals surface area contributed by atoms with E-state index in [9.17, 15) is 8.78 Å². The molecule has 2 heterocycles. The number of likely N-dealkylation sites (tertiary alicyclic amines) is 2. The maximum absolute atomic E-state index is 13.4. The SMILES string of the molecule is C/C=C(\C)CN1CC[C@@]2(CCCN(Cc3ccc(F)c(F)c3)C2)C1. The zero-order valence-corrected chi connectivity index (χ0v) is 14.8. The van der Waals surface area contributed by atoms with Gasteiger partial charge in [0.15, 0.2) is 11.6 Å². The molecule has 1 aromatic carbocycles. The molecule has 4 heteroatoms. The Balaban J connectivity index is 1.61. The lowest BCUT2D eigenvalue weighted by Gasteiger charge is -2.40. The molecule has 0 bridgehead atoms. The van der Waals surface area contributed by atoms with Gasteiger partial charge >= 0.3 is 0 Å². The first kappa shape index (κ1) is 17.6. The van der Waals surface area contributed by atoms with Gasteiger partial charge in [-0.3, -0.25) is 9.80 Å². The van der Waals surface area contributed by atoms with E-state index in [0.717, 1.165) is 31.7 Å². The quantitative estimate of drug-likeness (QED) is 0.761.